The van der Waals surface area contributed by atoms with E-state index in [1.807, 2.05) is 18.0 Å². The molecule has 0 spiro atoms. The minimum atomic E-state index is -0.146. The average Bonchev–Trinajstić information content (AvgIpc) is 2.73. The van der Waals surface area contributed by atoms with Gasteiger partial charge in [-0.15, -0.1) is 0 Å². The second kappa shape index (κ2) is 8.00. The smallest absolute Gasteiger partial charge is 0.230 e. The maximum atomic E-state index is 13.4. The average molecular weight is 379 g/mol. The minimum absolute atomic E-state index is 0.000829. The van der Waals surface area contributed by atoms with Crippen LogP contribution in [0.4, 0.5) is 0 Å². The Hall–Kier alpha value is -2.27. The quantitative estimate of drug-likeness (QED) is 0.818. The molecule has 2 unspecified atom stereocenters. The predicted molar refractivity (Wildman–Crippen MR) is 110 cm³/mol. The molecule has 0 aliphatic carbocycles. The summed E-state index contributed by atoms with van der Waals surface area (Å²) >= 11 is 0. The highest BCUT2D eigenvalue weighted by Crippen LogP contribution is 2.33. The summed E-state index contributed by atoms with van der Waals surface area (Å²) in [7, 11) is 2.13. The lowest BCUT2D eigenvalue weighted by Gasteiger charge is -2.37. The normalized spacial score (nSPS) is 21.2. The number of likely N-dealkylation sites (tertiary alicyclic amines) is 1. The number of aryl methyl sites for hydroxylation is 1. The van der Waals surface area contributed by atoms with Crippen molar-refractivity contribution < 1.29 is 4.79 Å². The fraction of sp³-hybridized carbons (Fsp3) is 0.522. The van der Waals surface area contributed by atoms with Crippen LogP contribution >= 0.6 is 0 Å². The SMILES string of the molecule is Cc1ccc(C(C)C(=O)N2CCCCC2c2ncc3c(n2)CCN(C)C3)cc1. The first-order chi connectivity index (χ1) is 13.5. The zero-order chi connectivity index (χ0) is 19.7. The first kappa shape index (κ1) is 19.1. The number of fused-ring (bicyclic) bond motifs is 1. The Kier molecular flexibility index (Phi) is 5.44. The van der Waals surface area contributed by atoms with Crippen LogP contribution in [0.2, 0.25) is 0 Å². The first-order valence-corrected chi connectivity index (χ1v) is 10.4. The highest BCUT2D eigenvalue weighted by molar-refractivity contribution is 5.83. The van der Waals surface area contributed by atoms with Crippen molar-refractivity contribution in [3.8, 4) is 0 Å². The van der Waals surface area contributed by atoms with Gasteiger partial charge >= 0.3 is 0 Å². The van der Waals surface area contributed by atoms with Crippen molar-refractivity contribution in [1.29, 1.82) is 0 Å². The molecule has 3 heterocycles. The van der Waals surface area contributed by atoms with Crippen molar-refractivity contribution in [3.63, 3.8) is 0 Å². The number of aromatic nitrogens is 2. The van der Waals surface area contributed by atoms with Gasteiger partial charge in [0, 0.05) is 43.5 Å². The monoisotopic (exact) mass is 378 g/mol. The first-order valence-electron chi connectivity index (χ1n) is 10.4. The summed E-state index contributed by atoms with van der Waals surface area (Å²) in [5.41, 5.74) is 4.67. The van der Waals surface area contributed by atoms with E-state index in [9.17, 15) is 4.79 Å². The number of amides is 1. The summed E-state index contributed by atoms with van der Waals surface area (Å²) < 4.78 is 0. The van der Waals surface area contributed by atoms with E-state index in [-0.39, 0.29) is 17.9 Å². The number of hydrogen-bond acceptors (Lipinski definition) is 4. The van der Waals surface area contributed by atoms with Gasteiger partial charge in [-0.3, -0.25) is 4.79 Å². The van der Waals surface area contributed by atoms with E-state index in [4.69, 9.17) is 9.97 Å². The van der Waals surface area contributed by atoms with Gasteiger partial charge in [-0.2, -0.15) is 0 Å². The molecule has 0 saturated carbocycles. The van der Waals surface area contributed by atoms with E-state index in [0.717, 1.165) is 62.4 Å². The molecule has 28 heavy (non-hydrogen) atoms. The molecule has 1 saturated heterocycles. The second-order valence-electron chi connectivity index (χ2n) is 8.36. The molecule has 1 fully saturated rings. The van der Waals surface area contributed by atoms with Crippen LogP contribution in [0, 0.1) is 6.92 Å². The van der Waals surface area contributed by atoms with E-state index in [1.165, 1.54) is 11.1 Å². The van der Waals surface area contributed by atoms with E-state index in [1.54, 1.807) is 0 Å². The van der Waals surface area contributed by atoms with Gasteiger partial charge in [0.15, 0.2) is 5.82 Å². The van der Waals surface area contributed by atoms with Gasteiger partial charge in [-0.05, 0) is 45.7 Å². The van der Waals surface area contributed by atoms with Gasteiger partial charge in [0.25, 0.3) is 0 Å². The molecule has 4 rings (SSSR count). The number of benzene rings is 1. The Morgan fingerprint density at radius 2 is 1.96 bits per heavy atom. The van der Waals surface area contributed by atoms with Gasteiger partial charge in [0.05, 0.1) is 12.0 Å². The standard InChI is InChI=1S/C23H30N4O/c1-16-7-9-18(10-8-16)17(2)23(28)27-12-5-4-6-21(27)22-24-14-19-15-26(3)13-11-20(19)25-22/h7-10,14,17,21H,4-6,11-13,15H2,1-3H3. The van der Waals surface area contributed by atoms with Crippen molar-refractivity contribution >= 4 is 5.91 Å². The van der Waals surface area contributed by atoms with Crippen molar-refractivity contribution in [2.75, 3.05) is 20.1 Å². The molecule has 0 bridgehead atoms. The van der Waals surface area contributed by atoms with E-state index < -0.39 is 0 Å². The minimum Gasteiger partial charge on any atom is -0.332 e. The second-order valence-corrected chi connectivity index (χ2v) is 8.36. The zero-order valence-corrected chi connectivity index (χ0v) is 17.2. The van der Waals surface area contributed by atoms with Crippen molar-refractivity contribution in [2.45, 2.75) is 58.0 Å². The summed E-state index contributed by atoms with van der Waals surface area (Å²) in [6.07, 6.45) is 6.07. The molecule has 2 aliphatic heterocycles. The zero-order valence-electron chi connectivity index (χ0n) is 17.2. The van der Waals surface area contributed by atoms with Crippen LogP contribution in [0.1, 0.15) is 66.4 Å². The molecule has 2 atom stereocenters. The van der Waals surface area contributed by atoms with Gasteiger partial charge < -0.3 is 9.80 Å². The lowest BCUT2D eigenvalue weighted by molar-refractivity contribution is -0.136. The summed E-state index contributed by atoms with van der Waals surface area (Å²) in [5, 5.41) is 0. The third kappa shape index (κ3) is 3.81. The largest absolute Gasteiger partial charge is 0.332 e. The molecular weight excluding hydrogens is 348 g/mol. The van der Waals surface area contributed by atoms with E-state index in [0.29, 0.717) is 0 Å². The molecule has 2 aromatic rings. The molecule has 5 heteroatoms. The maximum Gasteiger partial charge on any atom is 0.230 e. The van der Waals surface area contributed by atoms with Crippen LogP contribution in [0.25, 0.3) is 0 Å². The Morgan fingerprint density at radius 1 is 1.18 bits per heavy atom. The maximum absolute atomic E-state index is 13.4. The Morgan fingerprint density at radius 3 is 2.75 bits per heavy atom. The summed E-state index contributed by atoms with van der Waals surface area (Å²) in [5.74, 6) is 0.870. The Labute approximate surface area is 167 Å². The molecule has 148 valence electrons. The molecule has 1 aromatic heterocycles. The van der Waals surface area contributed by atoms with Crippen LogP contribution in [0.15, 0.2) is 30.5 Å². The van der Waals surface area contributed by atoms with Crippen LogP contribution in [-0.4, -0.2) is 45.8 Å². The molecule has 2 aliphatic rings. The lowest BCUT2D eigenvalue weighted by atomic mass is 9.94. The number of nitrogens with zero attached hydrogens (tertiary/aromatic N) is 4. The fourth-order valence-electron chi connectivity index (χ4n) is 4.34. The van der Waals surface area contributed by atoms with Gasteiger partial charge in [0.1, 0.15) is 0 Å². The van der Waals surface area contributed by atoms with Crippen LogP contribution in [0.5, 0.6) is 0 Å². The van der Waals surface area contributed by atoms with Crippen molar-refractivity contribution in [2.24, 2.45) is 0 Å². The lowest BCUT2D eigenvalue weighted by Crippen LogP contribution is -2.41. The van der Waals surface area contributed by atoms with Crippen LogP contribution in [-0.2, 0) is 17.8 Å². The summed E-state index contributed by atoms with van der Waals surface area (Å²) in [6, 6.07) is 8.30. The Balaban J connectivity index is 1.58. The molecule has 1 aromatic carbocycles. The number of rotatable bonds is 3. The Bertz CT molecular complexity index is 848. The number of piperidine rings is 1. The summed E-state index contributed by atoms with van der Waals surface area (Å²) in [4.78, 5) is 27.3. The number of carbonyl (C=O) groups excluding carboxylic acids is 1. The molecule has 0 radical (unpaired) electrons. The third-order valence-corrected chi connectivity index (χ3v) is 6.18. The number of likely N-dealkylation sites (N-methyl/N-ethyl adjacent to an activating group) is 1. The summed E-state index contributed by atoms with van der Waals surface area (Å²) in [6.45, 7) is 6.82. The highest BCUT2D eigenvalue weighted by atomic mass is 16.2. The molecular formula is C23H30N4O. The van der Waals surface area contributed by atoms with Crippen molar-refractivity contribution in [1.82, 2.24) is 19.8 Å². The topological polar surface area (TPSA) is 49.3 Å². The third-order valence-electron chi connectivity index (χ3n) is 6.18. The van der Waals surface area contributed by atoms with Crippen molar-refractivity contribution in [3.05, 3.63) is 58.7 Å². The van der Waals surface area contributed by atoms with Gasteiger partial charge in [0.2, 0.25) is 5.91 Å². The van der Waals surface area contributed by atoms with Crippen LogP contribution < -0.4 is 0 Å². The van der Waals surface area contributed by atoms with E-state index in [2.05, 4.69) is 43.1 Å². The number of carbonyl (C=O) groups is 1. The van der Waals surface area contributed by atoms with Gasteiger partial charge in [-0.1, -0.05) is 29.8 Å². The van der Waals surface area contributed by atoms with E-state index >= 15 is 0 Å². The highest BCUT2D eigenvalue weighted by Gasteiger charge is 2.33. The van der Waals surface area contributed by atoms with Crippen LogP contribution in [0.3, 0.4) is 0 Å². The fourth-order valence-corrected chi connectivity index (χ4v) is 4.34. The predicted octanol–water partition coefficient (Wildman–Crippen LogP) is 3.63. The molecule has 1 amide bonds. The molecule has 0 N–H and O–H groups in total. The van der Waals surface area contributed by atoms with Gasteiger partial charge in [-0.25, -0.2) is 9.97 Å². The number of hydrogen-bond donors (Lipinski definition) is 0. The molecule has 5 nitrogen and oxygen atoms in total.